The molecule has 6 nitrogen and oxygen atoms in total. The molecule has 28 heavy (non-hydrogen) atoms. The third-order valence-corrected chi connectivity index (χ3v) is 6.52. The van der Waals surface area contributed by atoms with Gasteiger partial charge < -0.3 is 14.4 Å². The minimum atomic E-state index is -0.654. The average molecular weight is 386 g/mol. The first-order valence-corrected chi connectivity index (χ1v) is 10.4. The van der Waals surface area contributed by atoms with Gasteiger partial charge in [0.2, 0.25) is 5.91 Å². The molecule has 2 aliphatic heterocycles. The van der Waals surface area contributed by atoms with Crippen LogP contribution in [0.3, 0.4) is 0 Å². The molecule has 1 aromatic rings. The quantitative estimate of drug-likeness (QED) is 0.784. The highest BCUT2D eigenvalue weighted by atomic mass is 16.5. The van der Waals surface area contributed by atoms with Crippen LogP contribution in [0.25, 0.3) is 0 Å². The molecule has 1 saturated carbocycles. The molecular formula is C22H30N2O4. The zero-order valence-corrected chi connectivity index (χ0v) is 16.9. The van der Waals surface area contributed by atoms with Gasteiger partial charge in [0.15, 0.2) is 0 Å². The van der Waals surface area contributed by atoms with E-state index in [1.165, 1.54) is 0 Å². The Bertz CT molecular complexity index is 736. The van der Waals surface area contributed by atoms with Gasteiger partial charge in [-0.3, -0.25) is 14.5 Å². The molecule has 0 radical (unpaired) electrons. The molecule has 2 heterocycles. The van der Waals surface area contributed by atoms with Crippen molar-refractivity contribution in [3.63, 3.8) is 0 Å². The molecule has 1 spiro atoms. The van der Waals surface area contributed by atoms with E-state index in [1.54, 1.807) is 4.90 Å². The van der Waals surface area contributed by atoms with Gasteiger partial charge in [0, 0.05) is 18.7 Å². The molecule has 2 saturated heterocycles. The van der Waals surface area contributed by atoms with Crippen molar-refractivity contribution in [2.75, 3.05) is 32.9 Å². The van der Waals surface area contributed by atoms with Gasteiger partial charge in [0.05, 0.1) is 19.8 Å². The number of nitrogens with zero attached hydrogens (tertiary/aromatic N) is 2. The van der Waals surface area contributed by atoms with Crippen LogP contribution in [0.2, 0.25) is 0 Å². The summed E-state index contributed by atoms with van der Waals surface area (Å²) in [6, 6.07) is 7.05. The molecule has 3 fully saturated rings. The molecule has 0 aromatic heterocycles. The smallest absolute Gasteiger partial charge is 0.257 e. The number of benzene rings is 1. The SMILES string of the molecule is Cc1ccccc1C(=O)N1[C@@H](C(=O)N2CCOCC2)COC12CCC(C)CC2. The van der Waals surface area contributed by atoms with Crippen LogP contribution < -0.4 is 0 Å². The van der Waals surface area contributed by atoms with E-state index in [9.17, 15) is 9.59 Å². The van der Waals surface area contributed by atoms with Crippen molar-refractivity contribution < 1.29 is 19.1 Å². The highest BCUT2D eigenvalue weighted by molar-refractivity contribution is 5.99. The summed E-state index contributed by atoms with van der Waals surface area (Å²) >= 11 is 0. The highest BCUT2D eigenvalue weighted by Crippen LogP contribution is 2.43. The molecule has 1 aliphatic carbocycles. The summed E-state index contributed by atoms with van der Waals surface area (Å²) < 4.78 is 11.7. The molecule has 0 N–H and O–H groups in total. The topological polar surface area (TPSA) is 59.1 Å². The summed E-state index contributed by atoms with van der Waals surface area (Å²) in [6.07, 6.45) is 3.60. The lowest BCUT2D eigenvalue weighted by Gasteiger charge is -2.43. The summed E-state index contributed by atoms with van der Waals surface area (Å²) in [4.78, 5) is 30.6. The van der Waals surface area contributed by atoms with Gasteiger partial charge in [-0.2, -0.15) is 0 Å². The number of hydrogen-bond acceptors (Lipinski definition) is 4. The number of morpholine rings is 1. The van der Waals surface area contributed by atoms with Crippen LogP contribution in [0.1, 0.15) is 48.5 Å². The predicted molar refractivity (Wildman–Crippen MR) is 105 cm³/mol. The Balaban J connectivity index is 1.67. The second-order valence-electron chi connectivity index (χ2n) is 8.38. The van der Waals surface area contributed by atoms with Crippen molar-refractivity contribution in [2.45, 2.75) is 51.3 Å². The van der Waals surface area contributed by atoms with Crippen LogP contribution in [-0.2, 0) is 14.3 Å². The lowest BCUT2D eigenvalue weighted by atomic mass is 9.83. The van der Waals surface area contributed by atoms with E-state index in [2.05, 4.69) is 6.92 Å². The van der Waals surface area contributed by atoms with Crippen LogP contribution in [0.15, 0.2) is 24.3 Å². The van der Waals surface area contributed by atoms with Gasteiger partial charge in [-0.05, 0) is 50.2 Å². The first kappa shape index (κ1) is 19.4. The van der Waals surface area contributed by atoms with Gasteiger partial charge in [-0.15, -0.1) is 0 Å². The number of ether oxygens (including phenoxy) is 2. The molecule has 0 bridgehead atoms. The Morgan fingerprint density at radius 1 is 1.11 bits per heavy atom. The number of rotatable bonds is 2. The van der Waals surface area contributed by atoms with Crippen molar-refractivity contribution in [1.82, 2.24) is 9.80 Å². The minimum absolute atomic E-state index is 0.0132. The van der Waals surface area contributed by atoms with Crippen LogP contribution >= 0.6 is 0 Å². The molecule has 2 amide bonds. The van der Waals surface area contributed by atoms with Gasteiger partial charge in [-0.25, -0.2) is 0 Å². The first-order valence-electron chi connectivity index (χ1n) is 10.4. The summed E-state index contributed by atoms with van der Waals surface area (Å²) in [5.74, 6) is 0.524. The largest absolute Gasteiger partial charge is 0.378 e. The minimum Gasteiger partial charge on any atom is -0.378 e. The fraction of sp³-hybridized carbons (Fsp3) is 0.636. The highest BCUT2D eigenvalue weighted by Gasteiger charge is 2.54. The standard InChI is InChI=1S/C22H30N2O4/c1-16-7-9-22(10-8-16)24(20(25)18-6-4-3-5-17(18)2)19(15-28-22)21(26)23-11-13-27-14-12-23/h3-6,16,19H,7-15H2,1-2H3/t16?,19-,22?/m1/s1. The number of aryl methyl sites for hydroxylation is 1. The number of amides is 2. The van der Waals surface area contributed by atoms with Gasteiger partial charge in [0.25, 0.3) is 5.91 Å². The fourth-order valence-electron chi connectivity index (χ4n) is 4.71. The van der Waals surface area contributed by atoms with E-state index >= 15 is 0 Å². The second-order valence-corrected chi connectivity index (χ2v) is 8.38. The van der Waals surface area contributed by atoms with Gasteiger partial charge in [-0.1, -0.05) is 25.1 Å². The van der Waals surface area contributed by atoms with Crippen molar-refractivity contribution in [1.29, 1.82) is 0 Å². The van der Waals surface area contributed by atoms with Crippen molar-refractivity contribution in [2.24, 2.45) is 5.92 Å². The number of carbonyl (C=O) groups excluding carboxylic acids is 2. The third-order valence-electron chi connectivity index (χ3n) is 6.52. The molecular weight excluding hydrogens is 356 g/mol. The molecule has 0 unspecified atom stereocenters. The van der Waals surface area contributed by atoms with E-state index in [4.69, 9.17) is 9.47 Å². The molecule has 6 heteroatoms. The Hall–Kier alpha value is -1.92. The Morgan fingerprint density at radius 2 is 1.79 bits per heavy atom. The molecule has 152 valence electrons. The lowest BCUT2D eigenvalue weighted by molar-refractivity contribution is -0.141. The van der Waals surface area contributed by atoms with Crippen molar-refractivity contribution in [3.8, 4) is 0 Å². The second kappa shape index (κ2) is 7.84. The third kappa shape index (κ3) is 3.44. The van der Waals surface area contributed by atoms with Crippen molar-refractivity contribution in [3.05, 3.63) is 35.4 Å². The predicted octanol–water partition coefficient (Wildman–Crippen LogP) is 2.60. The Labute approximate surface area is 166 Å². The zero-order valence-electron chi connectivity index (χ0n) is 16.9. The normalized spacial score (nSPS) is 30.6. The lowest BCUT2D eigenvalue weighted by Crippen LogP contribution is -2.58. The molecule has 1 aromatic carbocycles. The average Bonchev–Trinajstić information content (AvgIpc) is 3.09. The first-order chi connectivity index (χ1) is 13.5. The Kier molecular flexibility index (Phi) is 5.43. The van der Waals surface area contributed by atoms with E-state index in [-0.39, 0.29) is 18.4 Å². The van der Waals surface area contributed by atoms with E-state index in [0.717, 1.165) is 31.2 Å². The maximum atomic E-state index is 13.7. The van der Waals surface area contributed by atoms with Crippen LogP contribution in [0, 0.1) is 12.8 Å². The maximum absolute atomic E-state index is 13.7. The molecule has 3 aliphatic rings. The molecule has 1 atom stereocenters. The fourth-order valence-corrected chi connectivity index (χ4v) is 4.71. The Morgan fingerprint density at radius 3 is 2.46 bits per heavy atom. The van der Waals surface area contributed by atoms with Crippen LogP contribution in [-0.4, -0.2) is 66.3 Å². The van der Waals surface area contributed by atoms with Crippen LogP contribution in [0.4, 0.5) is 0 Å². The van der Waals surface area contributed by atoms with Crippen LogP contribution in [0.5, 0.6) is 0 Å². The summed E-state index contributed by atoms with van der Waals surface area (Å²) in [5.41, 5.74) is 0.931. The summed E-state index contributed by atoms with van der Waals surface area (Å²) in [7, 11) is 0. The monoisotopic (exact) mass is 386 g/mol. The van der Waals surface area contributed by atoms with Gasteiger partial charge >= 0.3 is 0 Å². The zero-order chi connectivity index (χ0) is 19.7. The molecule has 4 rings (SSSR count). The van der Waals surface area contributed by atoms with Gasteiger partial charge in [0.1, 0.15) is 11.8 Å². The van der Waals surface area contributed by atoms with E-state index in [1.807, 2.05) is 36.1 Å². The van der Waals surface area contributed by atoms with E-state index < -0.39 is 11.8 Å². The summed E-state index contributed by atoms with van der Waals surface area (Å²) in [5, 5.41) is 0. The van der Waals surface area contributed by atoms with Crippen molar-refractivity contribution >= 4 is 11.8 Å². The number of hydrogen-bond donors (Lipinski definition) is 0. The summed E-state index contributed by atoms with van der Waals surface area (Å²) in [6.45, 7) is 6.71. The number of carbonyl (C=O) groups is 2. The van der Waals surface area contributed by atoms with E-state index in [0.29, 0.717) is 37.8 Å². The maximum Gasteiger partial charge on any atom is 0.257 e.